The third-order valence-electron chi connectivity index (χ3n) is 5.75. The minimum Gasteiger partial charge on any atom is -0.503 e. The molecule has 6 nitrogen and oxygen atoms in total. The minimum absolute atomic E-state index is 0.100. The first-order chi connectivity index (χ1) is 16.0. The Morgan fingerprint density at radius 3 is 2.48 bits per heavy atom. The molecule has 1 N–H and O–H groups in total. The van der Waals surface area contributed by atoms with Gasteiger partial charge in [-0.15, -0.1) is 0 Å². The first-order valence-electron chi connectivity index (χ1n) is 10.2. The van der Waals surface area contributed by atoms with Crippen molar-refractivity contribution < 1.29 is 32.9 Å². The van der Waals surface area contributed by atoms with Crippen LogP contribution in [0.15, 0.2) is 66.4 Å². The van der Waals surface area contributed by atoms with Crippen molar-refractivity contribution in [3.05, 3.63) is 94.7 Å². The monoisotopic (exact) mass is 451 g/mol. The predicted molar refractivity (Wildman–Crippen MR) is 115 cm³/mol. The van der Waals surface area contributed by atoms with Crippen molar-refractivity contribution in [2.24, 2.45) is 0 Å². The largest absolute Gasteiger partial charge is 0.503 e. The van der Waals surface area contributed by atoms with E-state index in [4.69, 9.17) is 14.2 Å². The Morgan fingerprint density at radius 1 is 1.00 bits per heavy atom. The Kier molecular flexibility index (Phi) is 5.12. The molecule has 5 rings (SSSR count). The highest BCUT2D eigenvalue weighted by atomic mass is 19.2. The third-order valence-corrected chi connectivity index (χ3v) is 5.75. The van der Waals surface area contributed by atoms with Crippen molar-refractivity contribution in [3.8, 4) is 17.2 Å². The Labute approximate surface area is 188 Å². The number of aliphatic hydroxyl groups is 1. The Hall–Kier alpha value is -4.07. The molecular formula is C25H19F2NO5. The molecule has 0 spiro atoms. The highest BCUT2D eigenvalue weighted by Crippen LogP contribution is 2.44. The summed E-state index contributed by atoms with van der Waals surface area (Å²) in [4.78, 5) is 14.6. The molecule has 3 aromatic rings. The number of nitrogens with zero attached hydrogens (tertiary/aromatic N) is 1. The molecule has 0 aliphatic carbocycles. The van der Waals surface area contributed by atoms with E-state index < -0.39 is 29.3 Å². The summed E-state index contributed by atoms with van der Waals surface area (Å²) in [6.07, 6.45) is 0. The van der Waals surface area contributed by atoms with Crippen molar-refractivity contribution in [2.45, 2.75) is 12.6 Å². The standard InChI is InChI=1S/C25H19F2NO5/c1-31-17-6-3-15(4-7-17)22-23(16-5-8-18(26)19(27)11-16)28(25(30)24(22)29)12-14-2-9-20-21(10-14)33-13-32-20/h2-11,23,29H,12-13H2,1H3/t23-/m1/s1. The average Bonchev–Trinajstić information content (AvgIpc) is 3.39. The van der Waals surface area contributed by atoms with Crippen LogP contribution in [0.25, 0.3) is 5.57 Å². The number of fused-ring (bicyclic) bond motifs is 1. The number of amides is 1. The lowest BCUT2D eigenvalue weighted by Gasteiger charge is -2.27. The Bertz CT molecular complexity index is 1270. The van der Waals surface area contributed by atoms with Crippen molar-refractivity contribution in [3.63, 3.8) is 0 Å². The normalized spacial score (nSPS) is 17.1. The first kappa shape index (κ1) is 20.8. The average molecular weight is 451 g/mol. The van der Waals surface area contributed by atoms with Crippen LogP contribution >= 0.6 is 0 Å². The lowest BCUT2D eigenvalue weighted by atomic mass is 9.93. The van der Waals surface area contributed by atoms with E-state index in [0.29, 0.717) is 33.9 Å². The van der Waals surface area contributed by atoms with E-state index in [1.165, 1.54) is 18.1 Å². The fraction of sp³-hybridized carbons (Fsp3) is 0.160. The van der Waals surface area contributed by atoms with Gasteiger partial charge < -0.3 is 24.2 Å². The summed E-state index contributed by atoms with van der Waals surface area (Å²) in [7, 11) is 1.53. The van der Waals surface area contributed by atoms with Gasteiger partial charge in [0, 0.05) is 12.1 Å². The van der Waals surface area contributed by atoms with Crippen molar-refractivity contribution >= 4 is 11.5 Å². The van der Waals surface area contributed by atoms with Gasteiger partial charge in [0.25, 0.3) is 5.91 Å². The molecule has 0 saturated carbocycles. The maximum absolute atomic E-state index is 14.2. The summed E-state index contributed by atoms with van der Waals surface area (Å²) in [6.45, 7) is 0.214. The number of aliphatic hydroxyl groups excluding tert-OH is 1. The molecule has 2 aliphatic heterocycles. The van der Waals surface area contributed by atoms with Gasteiger partial charge in [0.15, 0.2) is 28.9 Å². The molecule has 0 saturated heterocycles. The summed E-state index contributed by atoms with van der Waals surface area (Å²) in [5.74, 6) is -1.35. The molecule has 0 bridgehead atoms. The number of carbonyl (C=O) groups excluding carboxylic acids is 1. The quantitative estimate of drug-likeness (QED) is 0.606. The van der Waals surface area contributed by atoms with Crippen LogP contribution in [-0.4, -0.2) is 29.8 Å². The topological polar surface area (TPSA) is 68.2 Å². The smallest absolute Gasteiger partial charge is 0.290 e. The van der Waals surface area contributed by atoms with Crippen LogP contribution in [0.4, 0.5) is 8.78 Å². The molecule has 0 aromatic heterocycles. The number of hydrogen-bond donors (Lipinski definition) is 1. The van der Waals surface area contributed by atoms with Crippen LogP contribution in [0.2, 0.25) is 0 Å². The molecule has 0 fully saturated rings. The van der Waals surface area contributed by atoms with Gasteiger partial charge in [-0.25, -0.2) is 8.78 Å². The number of benzene rings is 3. The van der Waals surface area contributed by atoms with E-state index >= 15 is 0 Å². The van der Waals surface area contributed by atoms with Crippen LogP contribution in [0, 0.1) is 11.6 Å². The number of halogens is 2. The van der Waals surface area contributed by atoms with Crippen molar-refractivity contribution in [1.29, 1.82) is 0 Å². The second-order valence-corrected chi connectivity index (χ2v) is 7.69. The first-order valence-corrected chi connectivity index (χ1v) is 10.2. The zero-order valence-corrected chi connectivity index (χ0v) is 17.5. The third kappa shape index (κ3) is 3.63. The molecule has 168 valence electrons. The fourth-order valence-electron chi connectivity index (χ4n) is 4.15. The van der Waals surface area contributed by atoms with Crippen LogP contribution in [0.5, 0.6) is 17.2 Å². The van der Waals surface area contributed by atoms with Gasteiger partial charge in [0.05, 0.1) is 13.2 Å². The molecule has 8 heteroatoms. The van der Waals surface area contributed by atoms with Crippen molar-refractivity contribution in [1.82, 2.24) is 4.90 Å². The molecule has 1 amide bonds. The summed E-state index contributed by atoms with van der Waals surface area (Å²) in [6, 6.07) is 14.7. The molecule has 3 aromatic carbocycles. The van der Waals surface area contributed by atoms with Crippen LogP contribution in [0.1, 0.15) is 22.7 Å². The molecule has 2 heterocycles. The van der Waals surface area contributed by atoms with Gasteiger partial charge in [-0.2, -0.15) is 0 Å². The second-order valence-electron chi connectivity index (χ2n) is 7.69. The zero-order chi connectivity index (χ0) is 23.1. The van der Waals surface area contributed by atoms with Gasteiger partial charge >= 0.3 is 0 Å². The number of carbonyl (C=O) groups is 1. The maximum Gasteiger partial charge on any atom is 0.290 e. The number of ether oxygens (including phenoxy) is 3. The summed E-state index contributed by atoms with van der Waals surface area (Å²) < 4.78 is 43.7. The fourth-order valence-corrected chi connectivity index (χ4v) is 4.15. The summed E-state index contributed by atoms with van der Waals surface area (Å²) in [5.41, 5.74) is 1.92. The molecule has 0 unspecified atom stereocenters. The van der Waals surface area contributed by atoms with E-state index in [2.05, 4.69) is 0 Å². The van der Waals surface area contributed by atoms with E-state index in [-0.39, 0.29) is 13.3 Å². The number of hydrogen-bond acceptors (Lipinski definition) is 5. The molecule has 2 aliphatic rings. The zero-order valence-electron chi connectivity index (χ0n) is 17.5. The van der Waals surface area contributed by atoms with Gasteiger partial charge in [-0.3, -0.25) is 4.79 Å². The highest BCUT2D eigenvalue weighted by Gasteiger charge is 2.41. The van der Waals surface area contributed by atoms with Crippen molar-refractivity contribution in [2.75, 3.05) is 13.9 Å². The lowest BCUT2D eigenvalue weighted by molar-refractivity contribution is -0.130. The Balaban J connectivity index is 1.58. The van der Waals surface area contributed by atoms with Gasteiger partial charge in [-0.05, 0) is 53.1 Å². The molecular weight excluding hydrogens is 432 g/mol. The van der Waals surface area contributed by atoms with Crippen LogP contribution in [0.3, 0.4) is 0 Å². The summed E-state index contributed by atoms with van der Waals surface area (Å²) >= 11 is 0. The van der Waals surface area contributed by atoms with Gasteiger partial charge in [-0.1, -0.05) is 24.3 Å². The predicted octanol–water partition coefficient (Wildman–Crippen LogP) is 4.75. The summed E-state index contributed by atoms with van der Waals surface area (Å²) in [5, 5.41) is 10.8. The second kappa shape index (κ2) is 8.12. The number of rotatable bonds is 5. The van der Waals surface area contributed by atoms with E-state index in [9.17, 15) is 18.7 Å². The minimum atomic E-state index is -1.04. The van der Waals surface area contributed by atoms with Crippen LogP contribution < -0.4 is 14.2 Å². The Morgan fingerprint density at radius 2 is 1.76 bits per heavy atom. The molecule has 33 heavy (non-hydrogen) atoms. The van der Waals surface area contributed by atoms with E-state index in [1.807, 2.05) is 0 Å². The SMILES string of the molecule is COc1ccc(C2=C(O)C(=O)N(Cc3ccc4c(c3)OCO4)[C@@H]2c2ccc(F)c(F)c2)cc1. The van der Waals surface area contributed by atoms with Gasteiger partial charge in [0.2, 0.25) is 6.79 Å². The van der Waals surface area contributed by atoms with E-state index in [1.54, 1.807) is 42.5 Å². The highest BCUT2D eigenvalue weighted by molar-refractivity contribution is 6.05. The van der Waals surface area contributed by atoms with Crippen LogP contribution in [-0.2, 0) is 11.3 Å². The lowest BCUT2D eigenvalue weighted by Crippen LogP contribution is -2.30. The van der Waals surface area contributed by atoms with E-state index in [0.717, 1.165) is 17.7 Å². The van der Waals surface area contributed by atoms with Gasteiger partial charge in [0.1, 0.15) is 5.75 Å². The molecule has 1 atom stereocenters. The maximum atomic E-state index is 14.2. The molecule has 0 radical (unpaired) electrons. The number of methoxy groups -OCH3 is 1.